The Bertz CT molecular complexity index is 294. The van der Waals surface area contributed by atoms with Crippen LogP contribution in [0.25, 0.3) is 0 Å². The van der Waals surface area contributed by atoms with Crippen LogP contribution in [-0.4, -0.2) is 35.6 Å². The fraction of sp³-hybridized carbons (Fsp3) is 0.727. The molecule has 0 aromatic rings. The van der Waals surface area contributed by atoms with Crippen molar-refractivity contribution in [1.82, 2.24) is 10.6 Å². The number of hydrogen-bond acceptors (Lipinski definition) is 3. The van der Waals surface area contributed by atoms with Gasteiger partial charge in [0.15, 0.2) is 0 Å². The molecular formula is C11H21N3O4. The van der Waals surface area contributed by atoms with Gasteiger partial charge >= 0.3 is 12.0 Å². The van der Waals surface area contributed by atoms with E-state index in [9.17, 15) is 14.4 Å². The molecule has 3 amide bonds. The van der Waals surface area contributed by atoms with E-state index in [1.165, 1.54) is 0 Å². The van der Waals surface area contributed by atoms with Crippen molar-refractivity contribution in [3.63, 3.8) is 0 Å². The number of carboxylic acid groups (broad SMARTS) is 1. The SMILES string of the molecule is CCC(CC(=O)O)NC(=O)NCCCCC(N)=O. The van der Waals surface area contributed by atoms with Crippen molar-refractivity contribution >= 4 is 17.9 Å². The summed E-state index contributed by atoms with van der Waals surface area (Å²) in [4.78, 5) is 32.3. The molecule has 0 saturated carbocycles. The van der Waals surface area contributed by atoms with E-state index in [1.54, 1.807) is 6.92 Å². The van der Waals surface area contributed by atoms with Gasteiger partial charge in [0.1, 0.15) is 0 Å². The van der Waals surface area contributed by atoms with Crippen LogP contribution in [0.15, 0.2) is 0 Å². The lowest BCUT2D eigenvalue weighted by Crippen LogP contribution is -2.43. The largest absolute Gasteiger partial charge is 0.481 e. The highest BCUT2D eigenvalue weighted by Gasteiger charge is 2.13. The van der Waals surface area contributed by atoms with Gasteiger partial charge in [-0.3, -0.25) is 9.59 Å². The first-order valence-electron chi connectivity index (χ1n) is 6.00. The Balaban J connectivity index is 3.68. The van der Waals surface area contributed by atoms with E-state index in [0.717, 1.165) is 0 Å². The van der Waals surface area contributed by atoms with E-state index in [2.05, 4.69) is 10.6 Å². The van der Waals surface area contributed by atoms with Crippen molar-refractivity contribution in [2.24, 2.45) is 5.73 Å². The van der Waals surface area contributed by atoms with Gasteiger partial charge in [-0.15, -0.1) is 0 Å². The van der Waals surface area contributed by atoms with Gasteiger partial charge in [-0.05, 0) is 19.3 Å². The van der Waals surface area contributed by atoms with E-state index in [4.69, 9.17) is 10.8 Å². The van der Waals surface area contributed by atoms with Gasteiger partial charge in [-0.25, -0.2) is 4.79 Å². The Morgan fingerprint density at radius 2 is 1.94 bits per heavy atom. The molecule has 0 fully saturated rings. The number of amides is 3. The van der Waals surface area contributed by atoms with Crippen LogP contribution in [-0.2, 0) is 9.59 Å². The Hall–Kier alpha value is -1.79. The normalized spacial score (nSPS) is 11.6. The number of unbranched alkanes of at least 4 members (excludes halogenated alkanes) is 1. The van der Waals surface area contributed by atoms with Gasteiger partial charge in [0.2, 0.25) is 5.91 Å². The predicted molar refractivity (Wildman–Crippen MR) is 65.9 cm³/mol. The molecule has 104 valence electrons. The molecule has 0 aromatic carbocycles. The minimum atomic E-state index is -0.941. The summed E-state index contributed by atoms with van der Waals surface area (Å²) < 4.78 is 0. The highest BCUT2D eigenvalue weighted by molar-refractivity contribution is 5.75. The summed E-state index contributed by atoms with van der Waals surface area (Å²) in [5.41, 5.74) is 4.97. The summed E-state index contributed by atoms with van der Waals surface area (Å²) in [6.07, 6.45) is 2.06. The summed E-state index contributed by atoms with van der Waals surface area (Å²) in [6, 6.07) is -0.754. The second-order valence-corrected chi connectivity index (χ2v) is 4.03. The number of hydrogen-bond donors (Lipinski definition) is 4. The molecule has 0 aliphatic rings. The van der Waals surface area contributed by atoms with Crippen LogP contribution in [0, 0.1) is 0 Å². The van der Waals surface area contributed by atoms with Gasteiger partial charge in [0.05, 0.1) is 6.42 Å². The molecule has 0 heterocycles. The van der Waals surface area contributed by atoms with Gasteiger partial charge < -0.3 is 21.5 Å². The summed E-state index contributed by atoms with van der Waals surface area (Å²) >= 11 is 0. The van der Waals surface area contributed by atoms with Crippen LogP contribution in [0.2, 0.25) is 0 Å². The number of primary amides is 1. The number of nitrogens with one attached hydrogen (secondary N) is 2. The number of nitrogens with two attached hydrogens (primary N) is 1. The Morgan fingerprint density at radius 1 is 1.28 bits per heavy atom. The minimum Gasteiger partial charge on any atom is -0.481 e. The van der Waals surface area contributed by atoms with Crippen LogP contribution in [0.3, 0.4) is 0 Å². The molecule has 0 aliphatic heterocycles. The second-order valence-electron chi connectivity index (χ2n) is 4.03. The Morgan fingerprint density at radius 3 is 2.44 bits per heavy atom. The summed E-state index contributed by atoms with van der Waals surface area (Å²) in [5.74, 6) is -1.30. The van der Waals surface area contributed by atoms with Crippen molar-refractivity contribution < 1.29 is 19.5 Å². The quantitative estimate of drug-likeness (QED) is 0.442. The maximum Gasteiger partial charge on any atom is 0.315 e. The highest BCUT2D eigenvalue weighted by atomic mass is 16.4. The van der Waals surface area contributed by atoms with Crippen molar-refractivity contribution in [3.05, 3.63) is 0 Å². The third-order valence-corrected chi connectivity index (χ3v) is 2.38. The fourth-order valence-corrected chi connectivity index (χ4v) is 1.37. The van der Waals surface area contributed by atoms with E-state index in [1.807, 2.05) is 0 Å². The average molecular weight is 259 g/mol. The van der Waals surface area contributed by atoms with Gasteiger partial charge in [0.25, 0.3) is 0 Å². The maximum absolute atomic E-state index is 11.4. The number of carboxylic acids is 1. The van der Waals surface area contributed by atoms with Gasteiger partial charge in [-0.2, -0.15) is 0 Å². The van der Waals surface area contributed by atoms with Crippen molar-refractivity contribution in [1.29, 1.82) is 0 Å². The van der Waals surface area contributed by atoms with E-state index in [-0.39, 0.29) is 24.4 Å². The smallest absolute Gasteiger partial charge is 0.315 e. The lowest BCUT2D eigenvalue weighted by molar-refractivity contribution is -0.137. The van der Waals surface area contributed by atoms with Crippen LogP contribution in [0.5, 0.6) is 0 Å². The molecule has 5 N–H and O–H groups in total. The van der Waals surface area contributed by atoms with Crippen LogP contribution < -0.4 is 16.4 Å². The summed E-state index contributed by atoms with van der Waals surface area (Å²) in [6.45, 7) is 2.24. The van der Waals surface area contributed by atoms with Crippen molar-refractivity contribution in [2.45, 2.75) is 45.1 Å². The van der Waals surface area contributed by atoms with Gasteiger partial charge in [0, 0.05) is 19.0 Å². The van der Waals surface area contributed by atoms with Gasteiger partial charge in [-0.1, -0.05) is 6.92 Å². The average Bonchev–Trinajstić information content (AvgIpc) is 2.26. The number of rotatable bonds is 9. The third-order valence-electron chi connectivity index (χ3n) is 2.38. The first-order valence-corrected chi connectivity index (χ1v) is 6.00. The molecule has 0 spiro atoms. The Labute approximate surface area is 106 Å². The zero-order valence-corrected chi connectivity index (χ0v) is 10.6. The molecule has 1 unspecified atom stereocenters. The van der Waals surface area contributed by atoms with Crippen molar-refractivity contribution in [2.75, 3.05) is 6.54 Å². The molecule has 0 saturated heterocycles. The number of urea groups is 1. The second kappa shape index (κ2) is 9.26. The zero-order valence-electron chi connectivity index (χ0n) is 10.6. The van der Waals surface area contributed by atoms with E-state index >= 15 is 0 Å². The molecule has 0 rings (SSSR count). The molecule has 7 heteroatoms. The number of aliphatic carboxylic acids is 1. The maximum atomic E-state index is 11.4. The molecule has 0 bridgehead atoms. The summed E-state index contributed by atoms with van der Waals surface area (Å²) in [5, 5.41) is 13.8. The first kappa shape index (κ1) is 16.2. The Kier molecular flexibility index (Phi) is 8.34. The number of carbonyl (C=O) groups is 3. The van der Waals surface area contributed by atoms with E-state index < -0.39 is 5.97 Å². The van der Waals surface area contributed by atoms with E-state index in [0.29, 0.717) is 32.2 Å². The standard InChI is InChI=1S/C11H21N3O4/c1-2-8(7-10(16)17)14-11(18)13-6-4-3-5-9(12)15/h8H,2-7H2,1H3,(H2,12,15)(H,16,17)(H2,13,14,18). The van der Waals surface area contributed by atoms with Crippen LogP contribution >= 0.6 is 0 Å². The lowest BCUT2D eigenvalue weighted by atomic mass is 10.1. The zero-order chi connectivity index (χ0) is 14.0. The first-order chi connectivity index (χ1) is 8.45. The highest BCUT2D eigenvalue weighted by Crippen LogP contribution is 1.97. The van der Waals surface area contributed by atoms with Crippen LogP contribution in [0.1, 0.15) is 39.0 Å². The van der Waals surface area contributed by atoms with Crippen LogP contribution in [0.4, 0.5) is 4.79 Å². The predicted octanol–water partition coefficient (Wildman–Crippen LogP) is 0.195. The molecule has 0 radical (unpaired) electrons. The topological polar surface area (TPSA) is 122 Å². The third kappa shape index (κ3) is 9.44. The minimum absolute atomic E-state index is 0.0917. The summed E-state index contributed by atoms with van der Waals surface area (Å²) in [7, 11) is 0. The molecule has 0 aliphatic carbocycles. The molecule has 7 nitrogen and oxygen atoms in total. The molecule has 18 heavy (non-hydrogen) atoms. The number of carbonyl (C=O) groups excluding carboxylic acids is 2. The molecule has 1 atom stereocenters. The molecular weight excluding hydrogens is 238 g/mol. The lowest BCUT2D eigenvalue weighted by Gasteiger charge is -2.15. The monoisotopic (exact) mass is 259 g/mol. The van der Waals surface area contributed by atoms with Crippen molar-refractivity contribution in [3.8, 4) is 0 Å². The fourth-order valence-electron chi connectivity index (χ4n) is 1.37. The molecule has 0 aromatic heterocycles.